The van der Waals surface area contributed by atoms with Crippen LogP contribution in [-0.2, 0) is 6.54 Å². The number of aryl methyl sites for hydroxylation is 1. The summed E-state index contributed by atoms with van der Waals surface area (Å²) in [7, 11) is 0. The average Bonchev–Trinajstić information content (AvgIpc) is 2.39. The summed E-state index contributed by atoms with van der Waals surface area (Å²) in [5.41, 5.74) is 8.80. The number of pyridine rings is 1. The average molecular weight is 256 g/mol. The number of carbonyl (C=O) groups is 1. The first-order valence-corrected chi connectivity index (χ1v) is 5.95. The van der Waals surface area contributed by atoms with Crippen LogP contribution in [0.1, 0.15) is 11.3 Å². The molecule has 19 heavy (non-hydrogen) atoms. The number of hydrogen-bond donors (Lipinski definition) is 3. The summed E-state index contributed by atoms with van der Waals surface area (Å²) in [6.45, 7) is 2.66. The third kappa shape index (κ3) is 3.99. The van der Waals surface area contributed by atoms with Crippen molar-refractivity contribution in [3.8, 4) is 0 Å². The van der Waals surface area contributed by atoms with Gasteiger partial charge in [-0.1, -0.05) is 6.07 Å². The van der Waals surface area contributed by atoms with Gasteiger partial charge in [-0.15, -0.1) is 0 Å². The molecule has 1 aromatic carbocycles. The van der Waals surface area contributed by atoms with E-state index in [0.717, 1.165) is 16.9 Å². The Morgan fingerprint density at radius 3 is 2.42 bits per heavy atom. The third-order valence-corrected chi connectivity index (χ3v) is 2.62. The van der Waals surface area contributed by atoms with Crippen LogP contribution in [0.15, 0.2) is 42.6 Å². The fraction of sp³-hybridized carbons (Fsp3) is 0.143. The molecule has 0 unspecified atom stereocenters. The zero-order valence-electron chi connectivity index (χ0n) is 10.7. The highest BCUT2D eigenvalue weighted by Crippen LogP contribution is 2.14. The van der Waals surface area contributed by atoms with Crippen LogP contribution in [0.25, 0.3) is 0 Å². The second kappa shape index (κ2) is 5.86. The zero-order valence-corrected chi connectivity index (χ0v) is 10.7. The number of carbonyl (C=O) groups excluding carboxylic acids is 1. The van der Waals surface area contributed by atoms with Crippen molar-refractivity contribution in [1.29, 1.82) is 0 Å². The van der Waals surface area contributed by atoms with Crippen molar-refractivity contribution in [2.24, 2.45) is 5.73 Å². The van der Waals surface area contributed by atoms with E-state index in [0.29, 0.717) is 12.2 Å². The van der Waals surface area contributed by atoms with Gasteiger partial charge in [-0.25, -0.2) is 4.79 Å². The molecule has 1 heterocycles. The van der Waals surface area contributed by atoms with Crippen LogP contribution in [0.5, 0.6) is 0 Å². The maximum atomic E-state index is 10.7. The summed E-state index contributed by atoms with van der Waals surface area (Å²) in [5, 5.41) is 5.79. The minimum absolute atomic E-state index is 0.563. The summed E-state index contributed by atoms with van der Waals surface area (Å²) in [6, 6.07) is 10.8. The number of nitrogens with one attached hydrogen (secondary N) is 2. The molecule has 0 aliphatic carbocycles. The van der Waals surface area contributed by atoms with Crippen LogP contribution in [0.3, 0.4) is 0 Å². The predicted molar refractivity (Wildman–Crippen MR) is 75.9 cm³/mol. The van der Waals surface area contributed by atoms with Crippen LogP contribution in [0.2, 0.25) is 0 Å². The lowest BCUT2D eigenvalue weighted by Gasteiger charge is -2.08. The molecular weight excluding hydrogens is 240 g/mol. The molecule has 0 aliphatic heterocycles. The number of rotatable bonds is 4. The van der Waals surface area contributed by atoms with Crippen LogP contribution in [-0.4, -0.2) is 11.0 Å². The molecule has 2 aromatic rings. The lowest BCUT2D eigenvalue weighted by molar-refractivity contribution is 0.259. The quantitative estimate of drug-likeness (QED) is 0.786. The number of amides is 2. The van der Waals surface area contributed by atoms with Gasteiger partial charge in [-0.3, -0.25) is 4.98 Å². The first kappa shape index (κ1) is 12.9. The van der Waals surface area contributed by atoms with Gasteiger partial charge < -0.3 is 16.4 Å². The van der Waals surface area contributed by atoms with Gasteiger partial charge in [0.25, 0.3) is 0 Å². The smallest absolute Gasteiger partial charge is 0.316 e. The lowest BCUT2D eigenvalue weighted by atomic mass is 10.2. The minimum Gasteiger partial charge on any atom is -0.381 e. The number of urea groups is 1. The summed E-state index contributed by atoms with van der Waals surface area (Å²) < 4.78 is 0. The Balaban J connectivity index is 1.92. The number of nitrogens with two attached hydrogens (primary N) is 1. The van der Waals surface area contributed by atoms with E-state index in [-0.39, 0.29) is 0 Å². The molecule has 0 saturated carbocycles. The molecule has 4 N–H and O–H groups in total. The lowest BCUT2D eigenvalue weighted by Crippen LogP contribution is -2.19. The van der Waals surface area contributed by atoms with Crippen molar-refractivity contribution in [2.75, 3.05) is 10.6 Å². The van der Waals surface area contributed by atoms with Crippen molar-refractivity contribution in [3.05, 3.63) is 53.9 Å². The van der Waals surface area contributed by atoms with Crippen molar-refractivity contribution in [1.82, 2.24) is 4.98 Å². The van der Waals surface area contributed by atoms with E-state index in [9.17, 15) is 4.79 Å². The van der Waals surface area contributed by atoms with Crippen molar-refractivity contribution in [2.45, 2.75) is 13.5 Å². The van der Waals surface area contributed by atoms with E-state index in [1.54, 1.807) is 12.1 Å². The van der Waals surface area contributed by atoms with Crippen molar-refractivity contribution < 1.29 is 4.79 Å². The molecule has 2 rings (SSSR count). The Morgan fingerprint density at radius 2 is 1.84 bits per heavy atom. The van der Waals surface area contributed by atoms with Gasteiger partial charge in [0.1, 0.15) is 0 Å². The van der Waals surface area contributed by atoms with Gasteiger partial charge in [-0.05, 0) is 42.8 Å². The van der Waals surface area contributed by atoms with Gasteiger partial charge in [0.05, 0.1) is 0 Å². The number of anilines is 2. The summed E-state index contributed by atoms with van der Waals surface area (Å²) in [4.78, 5) is 14.9. The Labute approximate surface area is 111 Å². The number of aromatic nitrogens is 1. The van der Waals surface area contributed by atoms with E-state index in [4.69, 9.17) is 5.73 Å². The van der Waals surface area contributed by atoms with Gasteiger partial charge in [0.15, 0.2) is 0 Å². The molecule has 0 aliphatic rings. The number of nitrogens with zero attached hydrogens (tertiary/aromatic N) is 1. The van der Waals surface area contributed by atoms with Crippen LogP contribution >= 0.6 is 0 Å². The SMILES string of the molecule is Cc1ccc(CNc2ccc(NC(N)=O)cc2)cn1. The molecule has 5 heteroatoms. The highest BCUT2D eigenvalue weighted by atomic mass is 16.2. The topological polar surface area (TPSA) is 80.0 Å². The van der Waals surface area contributed by atoms with Crippen LogP contribution in [0.4, 0.5) is 16.2 Å². The molecule has 98 valence electrons. The standard InChI is InChI=1S/C14H16N4O/c1-10-2-3-11(8-16-10)9-17-12-4-6-13(7-5-12)18-14(15)19/h2-8,17H,9H2,1H3,(H3,15,18,19). The number of hydrogen-bond acceptors (Lipinski definition) is 3. The minimum atomic E-state index is -0.563. The van der Waals surface area contributed by atoms with Crippen LogP contribution < -0.4 is 16.4 Å². The second-order valence-electron chi connectivity index (χ2n) is 4.23. The molecule has 0 radical (unpaired) electrons. The molecule has 0 saturated heterocycles. The summed E-state index contributed by atoms with van der Waals surface area (Å²) in [5.74, 6) is 0. The Hall–Kier alpha value is -2.56. The van der Waals surface area contributed by atoms with E-state index < -0.39 is 6.03 Å². The molecule has 0 fully saturated rings. The highest BCUT2D eigenvalue weighted by molar-refractivity contribution is 5.87. The number of benzene rings is 1. The first-order chi connectivity index (χ1) is 9.13. The number of primary amides is 1. The summed E-state index contributed by atoms with van der Waals surface area (Å²) in [6.07, 6.45) is 1.85. The maximum Gasteiger partial charge on any atom is 0.316 e. The molecule has 0 bridgehead atoms. The molecule has 2 amide bonds. The molecule has 1 aromatic heterocycles. The molecular formula is C14H16N4O. The maximum absolute atomic E-state index is 10.7. The summed E-state index contributed by atoms with van der Waals surface area (Å²) >= 11 is 0. The fourth-order valence-corrected chi connectivity index (χ4v) is 1.62. The third-order valence-electron chi connectivity index (χ3n) is 2.62. The van der Waals surface area contributed by atoms with Gasteiger partial charge in [-0.2, -0.15) is 0 Å². The van der Waals surface area contributed by atoms with E-state index >= 15 is 0 Å². The second-order valence-corrected chi connectivity index (χ2v) is 4.23. The van der Waals surface area contributed by atoms with Gasteiger partial charge in [0, 0.05) is 29.8 Å². The Morgan fingerprint density at radius 1 is 1.16 bits per heavy atom. The Kier molecular flexibility index (Phi) is 3.97. The zero-order chi connectivity index (χ0) is 13.7. The van der Waals surface area contributed by atoms with Gasteiger partial charge >= 0.3 is 6.03 Å². The monoisotopic (exact) mass is 256 g/mol. The largest absolute Gasteiger partial charge is 0.381 e. The van der Waals surface area contributed by atoms with E-state index in [1.165, 1.54) is 0 Å². The van der Waals surface area contributed by atoms with Crippen molar-refractivity contribution in [3.63, 3.8) is 0 Å². The fourth-order valence-electron chi connectivity index (χ4n) is 1.62. The van der Waals surface area contributed by atoms with E-state index in [2.05, 4.69) is 15.6 Å². The molecule has 0 spiro atoms. The predicted octanol–water partition coefficient (Wildman–Crippen LogP) is 2.49. The first-order valence-electron chi connectivity index (χ1n) is 5.95. The Bertz CT molecular complexity index is 549. The van der Waals surface area contributed by atoms with E-state index in [1.807, 2.05) is 37.4 Å². The van der Waals surface area contributed by atoms with Gasteiger partial charge in [0.2, 0.25) is 0 Å². The normalized spacial score (nSPS) is 9.95. The highest BCUT2D eigenvalue weighted by Gasteiger charge is 1.97. The van der Waals surface area contributed by atoms with Crippen molar-refractivity contribution >= 4 is 17.4 Å². The van der Waals surface area contributed by atoms with Crippen LogP contribution in [0, 0.1) is 6.92 Å². The molecule has 0 atom stereocenters. The molecule has 5 nitrogen and oxygen atoms in total.